The molecule has 1 rings (SSSR count). The number of carbonyl (C=O) groups excluding carboxylic acids is 1. The lowest BCUT2D eigenvalue weighted by Crippen LogP contribution is -2.59. The van der Waals surface area contributed by atoms with Crippen LogP contribution < -0.4 is 0 Å². The molecule has 1 aliphatic rings. The van der Waals surface area contributed by atoms with Crippen LogP contribution in [0.1, 0.15) is 96.8 Å². The monoisotopic (exact) mass is 418 g/mol. The molecule has 1 saturated heterocycles. The lowest BCUT2D eigenvalue weighted by molar-refractivity contribution is -0.292. The van der Waals surface area contributed by atoms with E-state index >= 15 is 0 Å². The maximum Gasteiger partial charge on any atom is 0.308 e. The molecule has 0 aliphatic carbocycles. The lowest BCUT2D eigenvalue weighted by Gasteiger charge is -2.39. The number of unbranched alkanes of at least 4 members (excludes halogenated alkanes) is 12. The first-order chi connectivity index (χ1) is 14.0. The summed E-state index contributed by atoms with van der Waals surface area (Å²) in [7, 11) is 0. The molecule has 0 amide bonds. The van der Waals surface area contributed by atoms with Gasteiger partial charge in [0, 0.05) is 6.42 Å². The molecule has 7 nitrogen and oxygen atoms in total. The number of aliphatic hydroxyl groups excluding tert-OH is 4. The van der Waals surface area contributed by atoms with Crippen LogP contribution in [0, 0.1) is 0 Å². The summed E-state index contributed by atoms with van der Waals surface area (Å²) in [5.41, 5.74) is 0. The molecule has 0 aromatic rings. The molecule has 0 aromatic heterocycles. The van der Waals surface area contributed by atoms with Gasteiger partial charge in [-0.25, -0.2) is 0 Å². The summed E-state index contributed by atoms with van der Waals surface area (Å²) >= 11 is 0. The highest BCUT2D eigenvalue weighted by atomic mass is 16.7. The first kappa shape index (κ1) is 26.3. The predicted octanol–water partition coefficient (Wildman–Crippen LogP) is 2.81. The van der Waals surface area contributed by atoms with Crippen LogP contribution in [0.5, 0.6) is 0 Å². The fraction of sp³-hybridized carbons (Fsp3) is 0.955. The van der Waals surface area contributed by atoms with Gasteiger partial charge >= 0.3 is 5.97 Å². The van der Waals surface area contributed by atoms with Gasteiger partial charge in [-0.05, 0) is 6.42 Å². The van der Waals surface area contributed by atoms with Crippen molar-refractivity contribution < 1.29 is 34.7 Å². The number of aliphatic hydroxyl groups is 4. The Bertz CT molecular complexity index is 416. The molecule has 29 heavy (non-hydrogen) atoms. The van der Waals surface area contributed by atoms with E-state index in [1.807, 2.05) is 0 Å². The van der Waals surface area contributed by atoms with E-state index in [4.69, 9.17) is 14.6 Å². The van der Waals surface area contributed by atoms with Crippen LogP contribution in [0.25, 0.3) is 0 Å². The van der Waals surface area contributed by atoms with E-state index in [2.05, 4.69) is 6.92 Å². The second-order valence-corrected chi connectivity index (χ2v) is 8.18. The largest absolute Gasteiger partial charge is 0.433 e. The third kappa shape index (κ3) is 10.7. The molecule has 0 radical (unpaired) electrons. The number of esters is 1. The molecule has 1 fully saturated rings. The van der Waals surface area contributed by atoms with E-state index < -0.39 is 43.3 Å². The van der Waals surface area contributed by atoms with Gasteiger partial charge in [0.05, 0.1) is 6.61 Å². The third-order valence-corrected chi connectivity index (χ3v) is 5.58. The van der Waals surface area contributed by atoms with Crippen LogP contribution in [-0.4, -0.2) is 63.7 Å². The maximum atomic E-state index is 11.9. The molecule has 0 saturated carbocycles. The van der Waals surface area contributed by atoms with Crippen LogP contribution in [0.3, 0.4) is 0 Å². The van der Waals surface area contributed by atoms with Gasteiger partial charge in [-0.15, -0.1) is 0 Å². The summed E-state index contributed by atoms with van der Waals surface area (Å²) in [6, 6.07) is 0. The van der Waals surface area contributed by atoms with Crippen LogP contribution >= 0.6 is 0 Å². The summed E-state index contributed by atoms with van der Waals surface area (Å²) in [4.78, 5) is 11.9. The molecule has 172 valence electrons. The quantitative estimate of drug-likeness (QED) is 0.225. The highest BCUT2D eigenvalue weighted by Gasteiger charge is 2.45. The van der Waals surface area contributed by atoms with E-state index in [-0.39, 0.29) is 6.42 Å². The molecular weight excluding hydrogens is 376 g/mol. The zero-order valence-corrected chi connectivity index (χ0v) is 18.0. The molecule has 1 aliphatic heterocycles. The molecule has 4 N–H and O–H groups in total. The number of hydrogen-bond acceptors (Lipinski definition) is 7. The van der Waals surface area contributed by atoms with Crippen molar-refractivity contribution in [3.05, 3.63) is 0 Å². The first-order valence-corrected chi connectivity index (χ1v) is 11.5. The number of rotatable bonds is 16. The number of ether oxygens (including phenoxy) is 2. The van der Waals surface area contributed by atoms with Crippen molar-refractivity contribution in [3.63, 3.8) is 0 Å². The Labute approximate surface area is 175 Å². The van der Waals surface area contributed by atoms with Crippen molar-refractivity contribution in [1.82, 2.24) is 0 Å². The van der Waals surface area contributed by atoms with E-state index in [1.165, 1.54) is 64.2 Å². The van der Waals surface area contributed by atoms with E-state index in [0.29, 0.717) is 6.42 Å². The topological polar surface area (TPSA) is 116 Å². The van der Waals surface area contributed by atoms with Crippen molar-refractivity contribution in [2.45, 2.75) is 128 Å². The standard InChI is InChI=1S/C22H42O7/c1-2-3-4-5-6-7-8-9-10-11-12-13-14-15-18(24)29-22-21(27)20(26)19(25)17(16-23)28-22/h17,19-23,25-27H,2-16H2,1H3. The Morgan fingerprint density at radius 1 is 0.759 bits per heavy atom. The Balaban J connectivity index is 2.00. The van der Waals surface area contributed by atoms with Gasteiger partial charge in [0.2, 0.25) is 6.29 Å². The second-order valence-electron chi connectivity index (χ2n) is 8.18. The van der Waals surface area contributed by atoms with Crippen LogP contribution in [0.2, 0.25) is 0 Å². The SMILES string of the molecule is CCCCCCCCCCCCCCCC(=O)OC1OC(CO)C(O)C(O)C1O. The van der Waals surface area contributed by atoms with Crippen LogP contribution in [-0.2, 0) is 14.3 Å². The molecule has 0 bridgehead atoms. The van der Waals surface area contributed by atoms with E-state index in [1.54, 1.807) is 0 Å². The van der Waals surface area contributed by atoms with Crippen molar-refractivity contribution in [2.75, 3.05) is 6.61 Å². The van der Waals surface area contributed by atoms with Gasteiger partial charge < -0.3 is 29.9 Å². The maximum absolute atomic E-state index is 11.9. The van der Waals surface area contributed by atoms with Crippen molar-refractivity contribution in [3.8, 4) is 0 Å². The van der Waals surface area contributed by atoms with Gasteiger partial charge in [-0.2, -0.15) is 0 Å². The molecular formula is C22H42O7. The molecule has 0 aromatic carbocycles. The summed E-state index contributed by atoms with van der Waals surface area (Å²) in [5, 5.41) is 38.4. The highest BCUT2D eigenvalue weighted by Crippen LogP contribution is 2.22. The van der Waals surface area contributed by atoms with Crippen molar-refractivity contribution in [1.29, 1.82) is 0 Å². The molecule has 1 heterocycles. The van der Waals surface area contributed by atoms with Crippen LogP contribution in [0.15, 0.2) is 0 Å². The van der Waals surface area contributed by atoms with E-state index in [0.717, 1.165) is 12.8 Å². The Hall–Kier alpha value is -0.730. The molecule has 0 spiro atoms. The zero-order valence-electron chi connectivity index (χ0n) is 18.0. The second kappa shape index (κ2) is 16.0. The highest BCUT2D eigenvalue weighted by molar-refractivity contribution is 5.69. The fourth-order valence-corrected chi connectivity index (χ4v) is 3.64. The summed E-state index contributed by atoms with van der Waals surface area (Å²) < 4.78 is 10.2. The van der Waals surface area contributed by atoms with Crippen molar-refractivity contribution in [2.24, 2.45) is 0 Å². The fourth-order valence-electron chi connectivity index (χ4n) is 3.64. The summed E-state index contributed by atoms with van der Waals surface area (Å²) in [6.45, 7) is 1.70. The number of carbonyl (C=O) groups is 1. The minimum absolute atomic E-state index is 0.215. The molecule has 5 unspecified atom stereocenters. The average Bonchev–Trinajstić information content (AvgIpc) is 2.71. The third-order valence-electron chi connectivity index (χ3n) is 5.58. The first-order valence-electron chi connectivity index (χ1n) is 11.5. The van der Waals surface area contributed by atoms with Gasteiger partial charge in [-0.1, -0.05) is 84.0 Å². The van der Waals surface area contributed by atoms with Gasteiger partial charge in [-0.3, -0.25) is 4.79 Å². The summed E-state index contributed by atoms with van der Waals surface area (Å²) in [6.07, 6.45) is 9.10. The van der Waals surface area contributed by atoms with Crippen molar-refractivity contribution >= 4 is 5.97 Å². The Morgan fingerprint density at radius 2 is 1.24 bits per heavy atom. The summed E-state index contributed by atoms with van der Waals surface area (Å²) in [5.74, 6) is -0.516. The zero-order chi connectivity index (χ0) is 21.5. The van der Waals surface area contributed by atoms with Crippen LogP contribution in [0.4, 0.5) is 0 Å². The average molecular weight is 419 g/mol. The minimum Gasteiger partial charge on any atom is -0.433 e. The predicted molar refractivity (Wildman–Crippen MR) is 110 cm³/mol. The Morgan fingerprint density at radius 3 is 1.72 bits per heavy atom. The smallest absolute Gasteiger partial charge is 0.308 e. The number of hydrogen-bond donors (Lipinski definition) is 4. The molecule has 5 atom stereocenters. The minimum atomic E-state index is -1.54. The molecule has 7 heteroatoms. The normalized spacial score (nSPS) is 27.1. The Kier molecular flexibility index (Phi) is 14.5. The van der Waals surface area contributed by atoms with Gasteiger partial charge in [0.1, 0.15) is 24.4 Å². The lowest BCUT2D eigenvalue weighted by atomic mass is 9.99. The van der Waals surface area contributed by atoms with Gasteiger partial charge in [0.15, 0.2) is 0 Å². The van der Waals surface area contributed by atoms with Gasteiger partial charge in [0.25, 0.3) is 0 Å². The van der Waals surface area contributed by atoms with E-state index in [9.17, 15) is 20.1 Å².